The minimum atomic E-state index is -0.418. The van der Waals surface area contributed by atoms with Crippen LogP contribution in [0, 0.1) is 0 Å². The van der Waals surface area contributed by atoms with E-state index in [1.807, 2.05) is 0 Å². The van der Waals surface area contributed by atoms with E-state index in [0.717, 1.165) is 25.7 Å². The summed E-state index contributed by atoms with van der Waals surface area (Å²) in [6, 6.07) is -0.807. The second-order valence-electron chi connectivity index (χ2n) is 6.92. The van der Waals surface area contributed by atoms with E-state index in [0.29, 0.717) is 6.54 Å². The highest BCUT2D eigenvalue weighted by atomic mass is 16.5. The molecule has 3 fully saturated rings. The SMILES string of the molecule is CC1NC(=O)C(C)N(CC2CCC3(CCCCC3)O2)C1=O. The van der Waals surface area contributed by atoms with Crippen LogP contribution in [0.3, 0.4) is 0 Å². The van der Waals surface area contributed by atoms with E-state index in [4.69, 9.17) is 4.74 Å². The Kier molecular flexibility index (Phi) is 3.95. The van der Waals surface area contributed by atoms with Crippen molar-refractivity contribution in [3.63, 3.8) is 0 Å². The van der Waals surface area contributed by atoms with Crippen LogP contribution in [0.25, 0.3) is 0 Å². The van der Waals surface area contributed by atoms with Gasteiger partial charge in [-0.25, -0.2) is 0 Å². The van der Waals surface area contributed by atoms with Crippen LogP contribution in [0.1, 0.15) is 58.8 Å². The van der Waals surface area contributed by atoms with E-state index in [2.05, 4.69) is 5.32 Å². The number of hydrogen-bond acceptors (Lipinski definition) is 3. The maximum absolute atomic E-state index is 12.3. The number of nitrogens with zero attached hydrogens (tertiary/aromatic N) is 1. The molecule has 21 heavy (non-hydrogen) atoms. The van der Waals surface area contributed by atoms with Gasteiger partial charge < -0.3 is 15.0 Å². The number of carbonyl (C=O) groups excluding carboxylic acids is 2. The van der Waals surface area contributed by atoms with Crippen LogP contribution >= 0.6 is 0 Å². The summed E-state index contributed by atoms with van der Waals surface area (Å²) in [6.07, 6.45) is 8.34. The van der Waals surface area contributed by atoms with E-state index in [-0.39, 0.29) is 29.6 Å². The van der Waals surface area contributed by atoms with E-state index in [9.17, 15) is 9.59 Å². The van der Waals surface area contributed by atoms with Gasteiger partial charge >= 0.3 is 0 Å². The van der Waals surface area contributed by atoms with Crippen molar-refractivity contribution in [3.8, 4) is 0 Å². The largest absolute Gasteiger partial charge is 0.370 e. The van der Waals surface area contributed by atoms with E-state index < -0.39 is 6.04 Å². The van der Waals surface area contributed by atoms with Crippen LogP contribution in [0.2, 0.25) is 0 Å². The second kappa shape index (κ2) is 5.59. The van der Waals surface area contributed by atoms with Gasteiger partial charge in [0.25, 0.3) is 0 Å². The predicted molar refractivity (Wildman–Crippen MR) is 78.7 cm³/mol. The predicted octanol–water partition coefficient (Wildman–Crippen LogP) is 1.60. The van der Waals surface area contributed by atoms with E-state index in [1.165, 1.54) is 19.3 Å². The maximum atomic E-state index is 12.3. The van der Waals surface area contributed by atoms with Gasteiger partial charge in [0.1, 0.15) is 12.1 Å². The van der Waals surface area contributed by atoms with Crippen molar-refractivity contribution in [2.75, 3.05) is 6.54 Å². The Morgan fingerprint density at radius 3 is 2.62 bits per heavy atom. The fraction of sp³-hybridized carbons (Fsp3) is 0.875. The summed E-state index contributed by atoms with van der Waals surface area (Å²) >= 11 is 0. The van der Waals surface area contributed by atoms with Crippen molar-refractivity contribution in [1.82, 2.24) is 10.2 Å². The molecule has 0 aromatic carbocycles. The van der Waals surface area contributed by atoms with Gasteiger partial charge in [-0.15, -0.1) is 0 Å². The molecule has 2 heterocycles. The Hall–Kier alpha value is -1.10. The summed E-state index contributed by atoms with van der Waals surface area (Å²) < 4.78 is 6.33. The quantitative estimate of drug-likeness (QED) is 0.841. The Morgan fingerprint density at radius 1 is 1.19 bits per heavy atom. The molecule has 0 bridgehead atoms. The molecule has 0 aromatic heterocycles. The summed E-state index contributed by atoms with van der Waals surface area (Å²) in [5, 5.41) is 2.72. The zero-order valence-corrected chi connectivity index (χ0v) is 13.1. The molecule has 2 aliphatic heterocycles. The summed E-state index contributed by atoms with van der Waals surface area (Å²) in [6.45, 7) is 4.10. The van der Waals surface area contributed by atoms with Crippen LogP contribution in [-0.4, -0.2) is 47.0 Å². The molecule has 5 heteroatoms. The molecule has 2 amide bonds. The van der Waals surface area contributed by atoms with Gasteiger partial charge in [0.15, 0.2) is 0 Å². The van der Waals surface area contributed by atoms with Gasteiger partial charge in [-0.1, -0.05) is 19.3 Å². The first-order chi connectivity index (χ1) is 10.0. The van der Waals surface area contributed by atoms with Gasteiger partial charge in [0.05, 0.1) is 11.7 Å². The van der Waals surface area contributed by atoms with Crippen molar-refractivity contribution in [1.29, 1.82) is 0 Å². The zero-order valence-electron chi connectivity index (χ0n) is 13.1. The lowest BCUT2D eigenvalue weighted by atomic mass is 9.83. The first kappa shape index (κ1) is 14.8. The third-order valence-corrected chi connectivity index (χ3v) is 5.36. The molecule has 1 N–H and O–H groups in total. The molecule has 1 spiro atoms. The highest BCUT2D eigenvalue weighted by molar-refractivity contribution is 5.96. The fourth-order valence-electron chi connectivity index (χ4n) is 4.03. The summed E-state index contributed by atoms with van der Waals surface area (Å²) in [5.41, 5.74) is 0.0683. The molecule has 2 saturated heterocycles. The van der Waals surface area contributed by atoms with Gasteiger partial charge in [-0.05, 0) is 39.5 Å². The van der Waals surface area contributed by atoms with Crippen LogP contribution in [0.15, 0.2) is 0 Å². The third kappa shape index (κ3) is 2.80. The third-order valence-electron chi connectivity index (χ3n) is 5.36. The highest BCUT2D eigenvalue weighted by Crippen LogP contribution is 2.42. The molecule has 0 radical (unpaired) electrons. The number of rotatable bonds is 2. The lowest BCUT2D eigenvalue weighted by molar-refractivity contribution is -0.151. The first-order valence-electron chi connectivity index (χ1n) is 8.29. The lowest BCUT2D eigenvalue weighted by Gasteiger charge is -2.38. The average Bonchev–Trinajstić information content (AvgIpc) is 2.85. The van der Waals surface area contributed by atoms with E-state index >= 15 is 0 Å². The summed E-state index contributed by atoms with van der Waals surface area (Å²) in [5.74, 6) is -0.0530. The standard InChI is InChI=1S/C16H26N2O3/c1-11-15(20)18(12(2)14(19)17-11)10-13-6-9-16(21-13)7-4-3-5-8-16/h11-13H,3-10H2,1-2H3,(H,17,19). The highest BCUT2D eigenvalue weighted by Gasteiger charge is 2.43. The van der Waals surface area contributed by atoms with Crippen molar-refractivity contribution in [2.24, 2.45) is 0 Å². The number of nitrogens with one attached hydrogen (secondary N) is 1. The molecule has 1 aliphatic carbocycles. The zero-order chi connectivity index (χ0) is 15.0. The number of piperazine rings is 1. The number of carbonyl (C=O) groups is 2. The molecule has 3 atom stereocenters. The molecule has 0 aromatic rings. The fourth-order valence-corrected chi connectivity index (χ4v) is 4.03. The van der Waals surface area contributed by atoms with Gasteiger partial charge in [-0.3, -0.25) is 9.59 Å². The minimum Gasteiger partial charge on any atom is -0.370 e. The smallest absolute Gasteiger partial charge is 0.245 e. The monoisotopic (exact) mass is 294 g/mol. The Morgan fingerprint density at radius 2 is 1.90 bits per heavy atom. The molecule has 118 valence electrons. The van der Waals surface area contributed by atoms with Crippen molar-refractivity contribution >= 4 is 11.8 Å². The van der Waals surface area contributed by atoms with E-state index in [1.54, 1.807) is 18.7 Å². The van der Waals surface area contributed by atoms with Gasteiger partial charge in [0.2, 0.25) is 11.8 Å². The molecule has 1 saturated carbocycles. The van der Waals surface area contributed by atoms with Crippen molar-refractivity contribution in [2.45, 2.75) is 82.6 Å². The Labute approximate surface area is 126 Å². The molecular formula is C16H26N2O3. The number of amides is 2. The molecule has 5 nitrogen and oxygen atoms in total. The minimum absolute atomic E-state index is 0.00953. The lowest BCUT2D eigenvalue weighted by Crippen LogP contribution is -2.62. The first-order valence-corrected chi connectivity index (χ1v) is 8.29. The van der Waals surface area contributed by atoms with Crippen LogP contribution < -0.4 is 5.32 Å². The van der Waals surface area contributed by atoms with Crippen LogP contribution in [0.4, 0.5) is 0 Å². The normalized spacial score (nSPS) is 36.1. The average molecular weight is 294 g/mol. The maximum Gasteiger partial charge on any atom is 0.245 e. The number of ether oxygens (including phenoxy) is 1. The summed E-state index contributed by atoms with van der Waals surface area (Å²) in [7, 11) is 0. The molecule has 3 rings (SSSR count). The van der Waals surface area contributed by atoms with Gasteiger partial charge in [-0.2, -0.15) is 0 Å². The molecule has 3 unspecified atom stereocenters. The number of hydrogen-bond donors (Lipinski definition) is 1. The van der Waals surface area contributed by atoms with Crippen LogP contribution in [-0.2, 0) is 14.3 Å². The Bertz CT molecular complexity index is 431. The second-order valence-corrected chi connectivity index (χ2v) is 6.92. The van der Waals surface area contributed by atoms with Gasteiger partial charge in [0, 0.05) is 6.54 Å². The summed E-state index contributed by atoms with van der Waals surface area (Å²) in [4.78, 5) is 25.9. The Balaban J connectivity index is 1.63. The topological polar surface area (TPSA) is 58.6 Å². The van der Waals surface area contributed by atoms with Crippen LogP contribution in [0.5, 0.6) is 0 Å². The molecular weight excluding hydrogens is 268 g/mol. The molecule has 3 aliphatic rings. The van der Waals surface area contributed by atoms with Crippen molar-refractivity contribution < 1.29 is 14.3 Å². The van der Waals surface area contributed by atoms with Crippen molar-refractivity contribution in [3.05, 3.63) is 0 Å².